The number of likely N-dealkylation sites (N-methyl/N-ethyl adjacent to an activating group) is 1. The van der Waals surface area contributed by atoms with Gasteiger partial charge >= 0.3 is 0 Å². The van der Waals surface area contributed by atoms with E-state index in [1.165, 1.54) is 0 Å². The number of hydrogen-bond donors (Lipinski definition) is 3. The van der Waals surface area contributed by atoms with E-state index in [-0.39, 0.29) is 23.8 Å². The number of Topliss-reactive ketones (excluding diaryl/α,β-unsaturated/α-hetero) is 1. The van der Waals surface area contributed by atoms with Gasteiger partial charge in [0, 0.05) is 26.6 Å². The summed E-state index contributed by atoms with van der Waals surface area (Å²) in [5, 5.41) is 5.77. The number of piperazine rings is 1. The molecule has 1 aliphatic rings. The van der Waals surface area contributed by atoms with Crippen molar-refractivity contribution in [1.29, 1.82) is 0 Å². The quantitative estimate of drug-likeness (QED) is 0.332. The highest BCUT2D eigenvalue weighted by Crippen LogP contribution is 2.12. The number of ketones is 1. The van der Waals surface area contributed by atoms with Crippen LogP contribution in [0.2, 0.25) is 0 Å². The molecule has 0 aromatic carbocycles. The molecule has 0 saturated carbocycles. The lowest BCUT2D eigenvalue weighted by Gasteiger charge is -2.36. The predicted molar refractivity (Wildman–Crippen MR) is 78.4 cm³/mol. The van der Waals surface area contributed by atoms with Gasteiger partial charge < -0.3 is 16.4 Å². The van der Waals surface area contributed by atoms with Crippen LogP contribution in [0.1, 0.15) is 26.2 Å². The summed E-state index contributed by atoms with van der Waals surface area (Å²) >= 11 is 0. The van der Waals surface area contributed by atoms with Crippen molar-refractivity contribution in [3.05, 3.63) is 0 Å². The van der Waals surface area contributed by atoms with Crippen LogP contribution in [0.5, 0.6) is 0 Å². The SMILES string of the molecule is CCC(=O)C1CN(C)C(CCCNC(N)=NC)C(=O)N1. The van der Waals surface area contributed by atoms with Crippen molar-refractivity contribution in [3.8, 4) is 0 Å². The maximum Gasteiger partial charge on any atom is 0.237 e. The first kappa shape index (κ1) is 16.4. The zero-order valence-corrected chi connectivity index (χ0v) is 12.5. The lowest BCUT2D eigenvalue weighted by Crippen LogP contribution is -2.61. The van der Waals surface area contributed by atoms with Crippen molar-refractivity contribution < 1.29 is 9.59 Å². The summed E-state index contributed by atoms with van der Waals surface area (Å²) in [5.41, 5.74) is 5.53. The molecule has 2 atom stereocenters. The van der Waals surface area contributed by atoms with Crippen LogP contribution in [0, 0.1) is 0 Å². The van der Waals surface area contributed by atoms with E-state index in [2.05, 4.69) is 15.6 Å². The van der Waals surface area contributed by atoms with Crippen molar-refractivity contribution in [1.82, 2.24) is 15.5 Å². The van der Waals surface area contributed by atoms with Crippen LogP contribution in [-0.2, 0) is 9.59 Å². The molecule has 2 unspecified atom stereocenters. The Morgan fingerprint density at radius 2 is 2.30 bits per heavy atom. The monoisotopic (exact) mass is 283 g/mol. The molecule has 7 nitrogen and oxygen atoms in total. The second kappa shape index (κ2) is 7.84. The standard InChI is InChI=1S/C13H25N5O2/c1-4-11(19)9-8-18(3)10(12(20)17-9)6-5-7-16-13(14)15-2/h9-10H,4-8H2,1-3H3,(H,17,20)(H3,14,15,16). The number of nitrogens with one attached hydrogen (secondary N) is 2. The van der Waals surface area contributed by atoms with E-state index >= 15 is 0 Å². The molecule has 1 fully saturated rings. The van der Waals surface area contributed by atoms with E-state index in [1.807, 2.05) is 18.9 Å². The molecule has 114 valence electrons. The van der Waals surface area contributed by atoms with Gasteiger partial charge in [-0.25, -0.2) is 0 Å². The fraction of sp³-hybridized carbons (Fsp3) is 0.769. The van der Waals surface area contributed by atoms with Crippen LogP contribution in [0.3, 0.4) is 0 Å². The highest BCUT2D eigenvalue weighted by molar-refractivity contribution is 5.92. The van der Waals surface area contributed by atoms with Crippen LogP contribution in [0.25, 0.3) is 0 Å². The van der Waals surface area contributed by atoms with Crippen molar-refractivity contribution >= 4 is 17.6 Å². The Balaban J connectivity index is 2.40. The third-order valence-corrected chi connectivity index (χ3v) is 3.56. The van der Waals surface area contributed by atoms with E-state index in [0.717, 1.165) is 12.8 Å². The number of guanidine groups is 1. The third-order valence-electron chi connectivity index (χ3n) is 3.56. The Morgan fingerprint density at radius 3 is 2.85 bits per heavy atom. The Labute approximate surface area is 120 Å². The van der Waals surface area contributed by atoms with Crippen LogP contribution in [0.15, 0.2) is 4.99 Å². The fourth-order valence-corrected chi connectivity index (χ4v) is 2.30. The average molecular weight is 283 g/mol. The minimum Gasteiger partial charge on any atom is -0.370 e. The van der Waals surface area contributed by atoms with Gasteiger partial charge in [0.05, 0.1) is 6.04 Å². The van der Waals surface area contributed by atoms with E-state index in [9.17, 15) is 9.59 Å². The average Bonchev–Trinajstić information content (AvgIpc) is 2.44. The summed E-state index contributed by atoms with van der Waals surface area (Å²) in [6.07, 6.45) is 1.98. The molecule has 0 bridgehead atoms. The molecule has 7 heteroatoms. The number of hydrogen-bond acceptors (Lipinski definition) is 4. The highest BCUT2D eigenvalue weighted by Gasteiger charge is 2.34. The smallest absolute Gasteiger partial charge is 0.237 e. The summed E-state index contributed by atoms with van der Waals surface area (Å²) in [5.74, 6) is 0.417. The molecule has 1 heterocycles. The molecule has 1 aliphatic heterocycles. The Hall–Kier alpha value is -1.63. The first-order valence-corrected chi connectivity index (χ1v) is 6.99. The van der Waals surface area contributed by atoms with Gasteiger partial charge in [-0.1, -0.05) is 6.92 Å². The lowest BCUT2D eigenvalue weighted by molar-refractivity contribution is -0.135. The predicted octanol–water partition coefficient (Wildman–Crippen LogP) is -0.921. The first-order chi connectivity index (χ1) is 9.49. The topological polar surface area (TPSA) is 99.8 Å². The van der Waals surface area contributed by atoms with E-state index in [4.69, 9.17) is 5.73 Å². The molecule has 0 aromatic rings. The molecule has 1 rings (SSSR count). The summed E-state index contributed by atoms with van der Waals surface area (Å²) < 4.78 is 0. The maximum absolute atomic E-state index is 12.0. The van der Waals surface area contributed by atoms with Gasteiger partial charge in [-0.05, 0) is 19.9 Å². The molecule has 1 saturated heterocycles. The van der Waals surface area contributed by atoms with E-state index in [1.54, 1.807) is 7.05 Å². The van der Waals surface area contributed by atoms with Crippen LogP contribution >= 0.6 is 0 Å². The van der Waals surface area contributed by atoms with Gasteiger partial charge in [-0.2, -0.15) is 0 Å². The Kier molecular flexibility index (Phi) is 6.44. The molecular weight excluding hydrogens is 258 g/mol. The minimum atomic E-state index is -0.366. The Morgan fingerprint density at radius 1 is 1.60 bits per heavy atom. The zero-order chi connectivity index (χ0) is 15.1. The van der Waals surface area contributed by atoms with E-state index in [0.29, 0.717) is 25.5 Å². The molecule has 0 spiro atoms. The zero-order valence-electron chi connectivity index (χ0n) is 12.5. The largest absolute Gasteiger partial charge is 0.370 e. The molecule has 0 aliphatic carbocycles. The fourth-order valence-electron chi connectivity index (χ4n) is 2.30. The summed E-state index contributed by atoms with van der Waals surface area (Å²) in [7, 11) is 3.50. The summed E-state index contributed by atoms with van der Waals surface area (Å²) in [4.78, 5) is 29.5. The van der Waals surface area contributed by atoms with Gasteiger partial charge in [-0.15, -0.1) is 0 Å². The number of carbonyl (C=O) groups is 2. The van der Waals surface area contributed by atoms with Crippen LogP contribution < -0.4 is 16.4 Å². The van der Waals surface area contributed by atoms with Crippen molar-refractivity contribution in [2.45, 2.75) is 38.3 Å². The van der Waals surface area contributed by atoms with Crippen molar-refractivity contribution in [3.63, 3.8) is 0 Å². The molecule has 0 aromatic heterocycles. The van der Waals surface area contributed by atoms with Gasteiger partial charge in [0.1, 0.15) is 6.04 Å². The summed E-state index contributed by atoms with van der Waals surface area (Å²) in [6.45, 7) is 3.07. The third kappa shape index (κ3) is 4.48. The second-order valence-electron chi connectivity index (χ2n) is 5.01. The van der Waals surface area contributed by atoms with Crippen molar-refractivity contribution in [2.24, 2.45) is 10.7 Å². The molecular formula is C13H25N5O2. The van der Waals surface area contributed by atoms with Gasteiger partial charge in [-0.3, -0.25) is 19.5 Å². The Bertz CT molecular complexity index is 383. The number of nitrogens with two attached hydrogens (primary N) is 1. The van der Waals surface area contributed by atoms with Gasteiger partial charge in [0.2, 0.25) is 5.91 Å². The van der Waals surface area contributed by atoms with Crippen molar-refractivity contribution in [2.75, 3.05) is 27.2 Å². The second-order valence-corrected chi connectivity index (χ2v) is 5.01. The normalized spacial score (nSPS) is 24.4. The lowest BCUT2D eigenvalue weighted by atomic mass is 10.0. The molecule has 20 heavy (non-hydrogen) atoms. The summed E-state index contributed by atoms with van der Waals surface area (Å²) in [6, 6.07) is -0.549. The van der Waals surface area contributed by atoms with Gasteiger partial charge in [0.25, 0.3) is 0 Å². The van der Waals surface area contributed by atoms with Crippen LogP contribution in [0.4, 0.5) is 0 Å². The number of amides is 1. The van der Waals surface area contributed by atoms with E-state index < -0.39 is 0 Å². The maximum atomic E-state index is 12.0. The number of aliphatic imine (C=N–C) groups is 1. The molecule has 0 radical (unpaired) electrons. The molecule has 1 amide bonds. The van der Waals surface area contributed by atoms with Gasteiger partial charge in [0.15, 0.2) is 11.7 Å². The number of carbonyl (C=O) groups excluding carboxylic acids is 2. The first-order valence-electron chi connectivity index (χ1n) is 6.99. The van der Waals surface area contributed by atoms with Crippen LogP contribution in [-0.4, -0.2) is 61.8 Å². The highest BCUT2D eigenvalue weighted by atomic mass is 16.2. The minimum absolute atomic E-state index is 0.0670. The molecule has 4 N–H and O–H groups in total. The number of nitrogens with zero attached hydrogens (tertiary/aromatic N) is 2. The number of rotatable bonds is 6.